The quantitative estimate of drug-likeness (QED) is 0.535. The molecule has 0 spiro atoms. The van der Waals surface area contributed by atoms with Crippen molar-refractivity contribution in [2.24, 2.45) is 5.92 Å². The number of amides is 1. The summed E-state index contributed by atoms with van der Waals surface area (Å²) in [5.41, 5.74) is 2.66. The van der Waals surface area contributed by atoms with E-state index < -0.39 is 0 Å². The van der Waals surface area contributed by atoms with Gasteiger partial charge >= 0.3 is 0 Å². The van der Waals surface area contributed by atoms with Gasteiger partial charge in [0.2, 0.25) is 0 Å². The zero-order valence-corrected chi connectivity index (χ0v) is 19.5. The smallest absolute Gasteiger partial charge is 0.255 e. The van der Waals surface area contributed by atoms with Crippen LogP contribution in [0.2, 0.25) is 0 Å². The third-order valence-electron chi connectivity index (χ3n) is 6.20. The molecule has 1 aliphatic heterocycles. The van der Waals surface area contributed by atoms with Crippen molar-refractivity contribution >= 4 is 5.91 Å². The van der Waals surface area contributed by atoms with Crippen LogP contribution >= 0.6 is 0 Å². The standard InChI is InChI=1S/C26H33N5O2/c1-3-14-31-18-20(16-28-31)17-30-15-8-9-21(19-30)25(23-11-6-7-13-27-23)29-26(32)22-10-4-5-12-24(22)33-2/h4-7,10-13,16,18,21,25H,3,8-9,14-15,17,19H2,1-2H3,(H,29,32). The lowest BCUT2D eigenvalue weighted by molar-refractivity contribution is 0.0872. The number of nitrogens with one attached hydrogen (secondary N) is 1. The summed E-state index contributed by atoms with van der Waals surface area (Å²) in [6.07, 6.45) is 9.11. The van der Waals surface area contributed by atoms with Gasteiger partial charge in [-0.3, -0.25) is 19.4 Å². The lowest BCUT2D eigenvalue weighted by Crippen LogP contribution is -2.43. The van der Waals surface area contributed by atoms with E-state index in [-0.39, 0.29) is 17.9 Å². The molecule has 1 amide bonds. The largest absolute Gasteiger partial charge is 0.496 e. The topological polar surface area (TPSA) is 72.3 Å². The second kappa shape index (κ2) is 11.1. The number of benzene rings is 1. The molecular weight excluding hydrogens is 414 g/mol. The zero-order valence-electron chi connectivity index (χ0n) is 19.5. The summed E-state index contributed by atoms with van der Waals surface area (Å²) in [5.74, 6) is 0.697. The molecule has 0 aliphatic carbocycles. The van der Waals surface area contributed by atoms with E-state index >= 15 is 0 Å². The Morgan fingerprint density at radius 1 is 1.24 bits per heavy atom. The molecule has 2 atom stereocenters. The highest BCUT2D eigenvalue weighted by Gasteiger charge is 2.31. The molecular formula is C26H33N5O2. The normalized spacial score (nSPS) is 17.5. The van der Waals surface area contributed by atoms with Crippen molar-refractivity contribution in [1.82, 2.24) is 25.0 Å². The van der Waals surface area contributed by atoms with Gasteiger partial charge < -0.3 is 10.1 Å². The first-order chi connectivity index (χ1) is 16.2. The molecule has 33 heavy (non-hydrogen) atoms. The van der Waals surface area contributed by atoms with Crippen LogP contribution in [0.1, 0.15) is 53.8 Å². The van der Waals surface area contributed by atoms with E-state index in [1.807, 2.05) is 47.3 Å². The van der Waals surface area contributed by atoms with Crippen molar-refractivity contribution in [1.29, 1.82) is 0 Å². The number of aryl methyl sites for hydroxylation is 1. The number of hydrogen-bond donors (Lipinski definition) is 1. The fourth-order valence-electron chi connectivity index (χ4n) is 4.65. The number of nitrogens with zero attached hydrogens (tertiary/aromatic N) is 4. The minimum atomic E-state index is -0.172. The predicted molar refractivity (Wildman–Crippen MR) is 128 cm³/mol. The summed E-state index contributed by atoms with van der Waals surface area (Å²) in [7, 11) is 1.59. The van der Waals surface area contributed by atoms with Gasteiger partial charge in [-0.2, -0.15) is 5.10 Å². The average molecular weight is 448 g/mol. The van der Waals surface area contributed by atoms with E-state index in [2.05, 4.69) is 33.4 Å². The van der Waals surface area contributed by atoms with Crippen molar-refractivity contribution < 1.29 is 9.53 Å². The Kier molecular flexibility index (Phi) is 7.73. The number of methoxy groups -OCH3 is 1. The number of rotatable bonds is 9. The Bertz CT molecular complexity index is 1040. The van der Waals surface area contributed by atoms with E-state index in [9.17, 15) is 4.79 Å². The molecule has 1 aromatic carbocycles. The molecule has 4 rings (SSSR count). The molecule has 1 N–H and O–H groups in total. The lowest BCUT2D eigenvalue weighted by atomic mass is 9.88. The fourth-order valence-corrected chi connectivity index (χ4v) is 4.65. The first-order valence-electron chi connectivity index (χ1n) is 11.8. The van der Waals surface area contributed by atoms with E-state index in [4.69, 9.17) is 4.74 Å². The number of piperidine rings is 1. The number of carbonyl (C=O) groups excluding carboxylic acids is 1. The molecule has 1 fully saturated rings. The van der Waals surface area contributed by atoms with Crippen LogP contribution in [-0.2, 0) is 13.1 Å². The summed E-state index contributed by atoms with van der Waals surface area (Å²) in [4.78, 5) is 20.3. The molecule has 2 unspecified atom stereocenters. The summed E-state index contributed by atoms with van der Waals surface area (Å²) < 4.78 is 7.42. The van der Waals surface area contributed by atoms with Crippen molar-refractivity contribution in [3.63, 3.8) is 0 Å². The van der Waals surface area contributed by atoms with Gasteiger partial charge in [0, 0.05) is 37.6 Å². The van der Waals surface area contributed by atoms with Gasteiger partial charge in [-0.05, 0) is 56.0 Å². The van der Waals surface area contributed by atoms with Gasteiger partial charge in [-0.1, -0.05) is 25.1 Å². The summed E-state index contributed by atoms with van der Waals surface area (Å²) in [6, 6.07) is 13.0. The van der Waals surface area contributed by atoms with Crippen molar-refractivity contribution in [2.45, 2.75) is 45.3 Å². The highest BCUT2D eigenvalue weighted by Crippen LogP contribution is 2.30. The number of aromatic nitrogens is 3. The monoisotopic (exact) mass is 447 g/mol. The van der Waals surface area contributed by atoms with Crippen LogP contribution in [0.4, 0.5) is 0 Å². The van der Waals surface area contributed by atoms with Gasteiger partial charge in [-0.25, -0.2) is 0 Å². The molecule has 0 bridgehead atoms. The first-order valence-corrected chi connectivity index (χ1v) is 11.8. The maximum absolute atomic E-state index is 13.2. The molecule has 7 nitrogen and oxygen atoms in total. The molecule has 3 aromatic rings. The molecule has 1 aliphatic rings. The SMILES string of the molecule is CCCn1cc(CN2CCCC(C(NC(=O)c3ccccc3OC)c3ccccn3)C2)cn1. The van der Waals surface area contributed by atoms with Crippen molar-refractivity contribution in [2.75, 3.05) is 20.2 Å². The van der Waals surface area contributed by atoms with Crippen LogP contribution in [0.5, 0.6) is 5.75 Å². The zero-order chi connectivity index (χ0) is 23.0. The number of ether oxygens (including phenoxy) is 1. The van der Waals surface area contributed by atoms with Gasteiger partial charge in [0.05, 0.1) is 30.6 Å². The molecule has 3 heterocycles. The van der Waals surface area contributed by atoms with E-state index in [1.54, 1.807) is 19.4 Å². The van der Waals surface area contributed by atoms with Crippen LogP contribution in [0.3, 0.4) is 0 Å². The minimum Gasteiger partial charge on any atom is -0.496 e. The van der Waals surface area contributed by atoms with E-state index in [0.717, 1.165) is 51.1 Å². The Balaban J connectivity index is 1.51. The maximum atomic E-state index is 13.2. The Hall–Kier alpha value is -3.19. The average Bonchev–Trinajstić information content (AvgIpc) is 3.30. The second-order valence-electron chi connectivity index (χ2n) is 8.66. The summed E-state index contributed by atoms with van der Waals surface area (Å²) >= 11 is 0. The Labute approximate surface area is 195 Å². The third-order valence-corrected chi connectivity index (χ3v) is 6.20. The Morgan fingerprint density at radius 2 is 2.09 bits per heavy atom. The molecule has 7 heteroatoms. The summed E-state index contributed by atoms with van der Waals surface area (Å²) in [6.45, 7) is 5.92. The van der Waals surface area contributed by atoms with E-state index in [1.165, 1.54) is 5.56 Å². The number of pyridine rings is 1. The van der Waals surface area contributed by atoms with Crippen LogP contribution < -0.4 is 10.1 Å². The highest BCUT2D eigenvalue weighted by atomic mass is 16.5. The number of likely N-dealkylation sites (tertiary alicyclic amines) is 1. The van der Waals surface area contributed by atoms with Gasteiger partial charge in [0.15, 0.2) is 0 Å². The van der Waals surface area contributed by atoms with Crippen LogP contribution in [0, 0.1) is 5.92 Å². The first kappa shape index (κ1) is 23.0. The van der Waals surface area contributed by atoms with Crippen LogP contribution in [0.25, 0.3) is 0 Å². The predicted octanol–water partition coefficient (Wildman–Crippen LogP) is 4.08. The molecule has 0 radical (unpaired) electrons. The third kappa shape index (κ3) is 5.79. The maximum Gasteiger partial charge on any atom is 0.255 e. The number of para-hydroxylation sites is 1. The van der Waals surface area contributed by atoms with E-state index in [0.29, 0.717) is 11.3 Å². The highest BCUT2D eigenvalue weighted by molar-refractivity contribution is 5.97. The molecule has 1 saturated heterocycles. The number of hydrogen-bond acceptors (Lipinski definition) is 5. The lowest BCUT2D eigenvalue weighted by Gasteiger charge is -2.37. The molecule has 174 valence electrons. The van der Waals surface area contributed by atoms with Gasteiger partial charge in [0.25, 0.3) is 5.91 Å². The van der Waals surface area contributed by atoms with Gasteiger partial charge in [-0.15, -0.1) is 0 Å². The van der Waals surface area contributed by atoms with Crippen LogP contribution in [-0.4, -0.2) is 45.8 Å². The summed E-state index contributed by atoms with van der Waals surface area (Å²) in [5, 5.41) is 7.75. The van der Waals surface area contributed by atoms with Crippen LogP contribution in [0.15, 0.2) is 61.1 Å². The fraction of sp³-hybridized carbons (Fsp3) is 0.423. The second-order valence-corrected chi connectivity index (χ2v) is 8.66. The van der Waals surface area contributed by atoms with Crippen molar-refractivity contribution in [3.8, 4) is 5.75 Å². The minimum absolute atomic E-state index is 0.138. The van der Waals surface area contributed by atoms with Crippen molar-refractivity contribution in [3.05, 3.63) is 77.9 Å². The molecule has 0 saturated carbocycles. The Morgan fingerprint density at radius 3 is 2.88 bits per heavy atom. The van der Waals surface area contributed by atoms with Gasteiger partial charge in [0.1, 0.15) is 5.75 Å². The molecule has 2 aromatic heterocycles. The number of carbonyl (C=O) groups is 1.